The van der Waals surface area contributed by atoms with Crippen molar-refractivity contribution in [2.45, 2.75) is 44.6 Å². The summed E-state index contributed by atoms with van der Waals surface area (Å²) in [7, 11) is 3.93. The Morgan fingerprint density at radius 2 is 1.86 bits per heavy atom. The van der Waals surface area contributed by atoms with E-state index >= 15 is 0 Å². The van der Waals surface area contributed by atoms with Crippen LogP contribution in [-0.4, -0.2) is 68.0 Å². The van der Waals surface area contributed by atoms with Gasteiger partial charge in [0, 0.05) is 50.5 Å². The molecule has 7 heteroatoms. The predicted octanol–water partition coefficient (Wildman–Crippen LogP) is 3.19. The minimum atomic E-state index is -0.140. The standard InChI is InChI=1S/C22H32ClN3O3/c1-25(2)14-11-24-21(27)17-7-8-20(19(23)15-17)29-18-9-12-26(13-10-18)22(28)16-5-3-4-6-16/h7-8,15-16,18H,3-6,9-14H2,1-2H3,(H,24,27). The van der Waals surface area contributed by atoms with Gasteiger partial charge in [-0.2, -0.15) is 0 Å². The van der Waals surface area contributed by atoms with Crippen molar-refractivity contribution in [3.63, 3.8) is 0 Å². The molecule has 1 N–H and O–H groups in total. The topological polar surface area (TPSA) is 61.9 Å². The molecule has 1 heterocycles. The SMILES string of the molecule is CN(C)CCNC(=O)c1ccc(OC2CCN(C(=O)C3CCCC3)CC2)c(Cl)c1. The van der Waals surface area contributed by atoms with Gasteiger partial charge in [-0.3, -0.25) is 9.59 Å². The maximum absolute atomic E-state index is 12.6. The second-order valence-electron chi connectivity index (χ2n) is 8.33. The Kier molecular flexibility index (Phi) is 7.78. The molecule has 29 heavy (non-hydrogen) atoms. The lowest BCUT2D eigenvalue weighted by Crippen LogP contribution is -2.44. The van der Waals surface area contributed by atoms with E-state index in [-0.39, 0.29) is 17.9 Å². The summed E-state index contributed by atoms with van der Waals surface area (Å²) >= 11 is 6.36. The van der Waals surface area contributed by atoms with E-state index in [4.69, 9.17) is 16.3 Å². The van der Waals surface area contributed by atoms with Gasteiger partial charge >= 0.3 is 0 Å². The summed E-state index contributed by atoms with van der Waals surface area (Å²) in [5, 5.41) is 3.32. The van der Waals surface area contributed by atoms with Crippen molar-refractivity contribution in [1.29, 1.82) is 0 Å². The average Bonchev–Trinajstić information content (AvgIpc) is 3.24. The number of carbonyl (C=O) groups excluding carboxylic acids is 2. The van der Waals surface area contributed by atoms with Crippen LogP contribution in [0.25, 0.3) is 0 Å². The number of carbonyl (C=O) groups is 2. The van der Waals surface area contributed by atoms with E-state index in [1.165, 1.54) is 12.8 Å². The Bertz CT molecular complexity index is 711. The smallest absolute Gasteiger partial charge is 0.251 e. The minimum absolute atomic E-state index is 0.0416. The van der Waals surface area contributed by atoms with Gasteiger partial charge in [0.25, 0.3) is 5.91 Å². The molecule has 0 radical (unpaired) electrons. The highest BCUT2D eigenvalue weighted by Crippen LogP contribution is 2.30. The third-order valence-corrected chi connectivity index (χ3v) is 6.09. The number of nitrogens with zero attached hydrogens (tertiary/aromatic N) is 2. The van der Waals surface area contributed by atoms with Crippen LogP contribution in [0, 0.1) is 5.92 Å². The van der Waals surface area contributed by atoms with Gasteiger partial charge in [-0.1, -0.05) is 24.4 Å². The van der Waals surface area contributed by atoms with Crippen LogP contribution in [0.4, 0.5) is 0 Å². The molecule has 1 aromatic rings. The van der Waals surface area contributed by atoms with Crippen LogP contribution in [0.5, 0.6) is 5.75 Å². The number of rotatable bonds is 7. The maximum atomic E-state index is 12.6. The first kappa shape index (κ1) is 21.9. The zero-order valence-corrected chi connectivity index (χ0v) is 18.2. The van der Waals surface area contributed by atoms with Gasteiger partial charge in [0.2, 0.25) is 5.91 Å². The summed E-state index contributed by atoms with van der Waals surface area (Å²) in [5.41, 5.74) is 0.526. The van der Waals surface area contributed by atoms with Crippen molar-refractivity contribution >= 4 is 23.4 Å². The zero-order chi connectivity index (χ0) is 20.8. The quantitative estimate of drug-likeness (QED) is 0.734. The summed E-state index contributed by atoms with van der Waals surface area (Å²) in [6, 6.07) is 5.16. The molecule has 3 rings (SSSR count). The Hall–Kier alpha value is -1.79. The van der Waals surface area contributed by atoms with Gasteiger partial charge in [-0.05, 0) is 45.1 Å². The summed E-state index contributed by atoms with van der Waals surface area (Å²) in [5.74, 6) is 1.01. The molecule has 160 valence electrons. The number of benzene rings is 1. The first-order valence-corrected chi connectivity index (χ1v) is 11.0. The van der Waals surface area contributed by atoms with E-state index < -0.39 is 0 Å². The molecule has 2 aliphatic rings. The Balaban J connectivity index is 1.48. The number of piperidine rings is 1. The molecule has 2 amide bonds. The molecule has 2 fully saturated rings. The molecule has 1 aliphatic heterocycles. The van der Waals surface area contributed by atoms with Crippen molar-refractivity contribution < 1.29 is 14.3 Å². The van der Waals surface area contributed by atoms with Crippen LogP contribution in [0.3, 0.4) is 0 Å². The average molecular weight is 422 g/mol. The van der Waals surface area contributed by atoms with Gasteiger partial charge in [0.15, 0.2) is 0 Å². The van der Waals surface area contributed by atoms with Gasteiger partial charge in [-0.25, -0.2) is 0 Å². The van der Waals surface area contributed by atoms with Crippen LogP contribution in [0.15, 0.2) is 18.2 Å². The number of hydrogen-bond donors (Lipinski definition) is 1. The lowest BCUT2D eigenvalue weighted by Gasteiger charge is -2.33. The molecule has 0 unspecified atom stereocenters. The molecule has 1 saturated heterocycles. The van der Waals surface area contributed by atoms with E-state index in [0.29, 0.717) is 28.8 Å². The monoisotopic (exact) mass is 421 g/mol. The molecule has 1 aromatic carbocycles. The second kappa shape index (κ2) is 10.3. The third kappa shape index (κ3) is 6.09. The van der Waals surface area contributed by atoms with Crippen molar-refractivity contribution in [3.8, 4) is 5.75 Å². The predicted molar refractivity (Wildman–Crippen MR) is 115 cm³/mol. The molecule has 0 atom stereocenters. The van der Waals surface area contributed by atoms with E-state index in [0.717, 1.165) is 45.3 Å². The first-order chi connectivity index (χ1) is 13.9. The third-order valence-electron chi connectivity index (χ3n) is 5.79. The number of amides is 2. The minimum Gasteiger partial charge on any atom is -0.489 e. The zero-order valence-electron chi connectivity index (χ0n) is 17.5. The Morgan fingerprint density at radius 1 is 1.17 bits per heavy atom. The van der Waals surface area contributed by atoms with Crippen molar-refractivity contribution in [2.24, 2.45) is 5.92 Å². The molecule has 0 spiro atoms. The Labute approximate surface area is 178 Å². The van der Waals surface area contributed by atoms with Crippen LogP contribution >= 0.6 is 11.6 Å². The largest absolute Gasteiger partial charge is 0.489 e. The fraction of sp³-hybridized carbons (Fsp3) is 0.636. The highest BCUT2D eigenvalue weighted by molar-refractivity contribution is 6.32. The summed E-state index contributed by atoms with van der Waals surface area (Å²) in [6.45, 7) is 2.84. The number of ether oxygens (including phenoxy) is 1. The molecule has 0 bridgehead atoms. The fourth-order valence-corrected chi connectivity index (χ4v) is 4.26. The molecule has 0 aromatic heterocycles. The van der Waals surface area contributed by atoms with E-state index in [1.807, 2.05) is 23.9 Å². The normalized spacial score (nSPS) is 18.3. The van der Waals surface area contributed by atoms with E-state index in [9.17, 15) is 9.59 Å². The molecular formula is C22H32ClN3O3. The molecular weight excluding hydrogens is 390 g/mol. The number of hydrogen-bond acceptors (Lipinski definition) is 4. The number of nitrogens with one attached hydrogen (secondary N) is 1. The number of likely N-dealkylation sites (tertiary alicyclic amines) is 1. The summed E-state index contributed by atoms with van der Waals surface area (Å²) in [4.78, 5) is 28.8. The van der Waals surface area contributed by atoms with Gasteiger partial charge in [0.05, 0.1) is 5.02 Å². The lowest BCUT2D eigenvalue weighted by molar-refractivity contribution is -0.137. The number of likely N-dealkylation sites (N-methyl/N-ethyl adjacent to an activating group) is 1. The van der Waals surface area contributed by atoms with Crippen LogP contribution in [0.1, 0.15) is 48.9 Å². The van der Waals surface area contributed by atoms with Gasteiger partial charge < -0.3 is 19.9 Å². The lowest BCUT2D eigenvalue weighted by atomic mass is 10.0. The molecule has 1 saturated carbocycles. The number of halogens is 1. The highest BCUT2D eigenvalue weighted by Gasteiger charge is 2.30. The summed E-state index contributed by atoms with van der Waals surface area (Å²) < 4.78 is 6.08. The first-order valence-electron chi connectivity index (χ1n) is 10.6. The summed E-state index contributed by atoms with van der Waals surface area (Å²) in [6.07, 6.45) is 6.10. The van der Waals surface area contributed by atoms with Crippen LogP contribution in [-0.2, 0) is 4.79 Å². The van der Waals surface area contributed by atoms with E-state index in [1.54, 1.807) is 18.2 Å². The fourth-order valence-electron chi connectivity index (χ4n) is 4.04. The molecule has 6 nitrogen and oxygen atoms in total. The van der Waals surface area contributed by atoms with Gasteiger partial charge in [-0.15, -0.1) is 0 Å². The highest BCUT2D eigenvalue weighted by atomic mass is 35.5. The van der Waals surface area contributed by atoms with E-state index in [2.05, 4.69) is 5.32 Å². The Morgan fingerprint density at radius 3 is 2.48 bits per heavy atom. The second-order valence-corrected chi connectivity index (χ2v) is 8.74. The van der Waals surface area contributed by atoms with Crippen molar-refractivity contribution in [1.82, 2.24) is 15.1 Å². The van der Waals surface area contributed by atoms with Crippen molar-refractivity contribution in [2.75, 3.05) is 40.3 Å². The van der Waals surface area contributed by atoms with Crippen LogP contribution in [0.2, 0.25) is 5.02 Å². The molecule has 1 aliphatic carbocycles. The maximum Gasteiger partial charge on any atom is 0.251 e. The van der Waals surface area contributed by atoms with Gasteiger partial charge in [0.1, 0.15) is 11.9 Å². The van der Waals surface area contributed by atoms with Crippen molar-refractivity contribution in [3.05, 3.63) is 28.8 Å². The van der Waals surface area contributed by atoms with Crippen LogP contribution < -0.4 is 10.1 Å².